The van der Waals surface area contributed by atoms with Gasteiger partial charge in [-0.2, -0.15) is 10.1 Å². The number of quaternary nitrogens is 2. The third kappa shape index (κ3) is 113. The van der Waals surface area contributed by atoms with Crippen LogP contribution < -0.4 is 10.1 Å². The zero-order valence-electron chi connectivity index (χ0n) is 12.5. The fraction of sp³-hybridized carbons (Fsp3) is 1.00. The maximum atomic E-state index is 8.63. The van der Waals surface area contributed by atoms with E-state index in [0.717, 1.165) is 26.2 Å². The molecule has 0 heterocycles. The summed E-state index contributed by atoms with van der Waals surface area (Å²) >= 11 is 0. The Kier molecular flexibility index (Phi) is 25.3. The molecule has 0 radical (unpaired) electrons. The van der Waals surface area contributed by atoms with Crippen LogP contribution in [-0.2, 0) is 10.4 Å². The van der Waals surface area contributed by atoms with Gasteiger partial charge in [0.05, 0.1) is 5.09 Å². The number of hydrogen-bond acceptors (Lipinski definition) is 8. The van der Waals surface area contributed by atoms with Gasteiger partial charge in [-0.3, -0.25) is 4.55 Å². The van der Waals surface area contributed by atoms with E-state index < -0.39 is 15.5 Å². The molecule has 0 aromatic rings. The Hall–Kier alpha value is -1.09. The normalized spacial score (nSPS) is 9.62. The number of nitrogens with zero attached hydrogens (tertiary/aromatic N) is 1. The molecule has 13 heteroatoms. The Balaban J connectivity index is -0.0000000929. The summed E-state index contributed by atoms with van der Waals surface area (Å²) in [6.45, 7) is 11.0. The SMILES string of the molecule is CC[NH+](O)CC.CC[NH+](O)CC.O=S(=O)([O-])O.O=[N+]([O-])[O-]. The van der Waals surface area contributed by atoms with Gasteiger partial charge in [0, 0.05) is 0 Å². The van der Waals surface area contributed by atoms with Crippen molar-refractivity contribution in [2.75, 3.05) is 26.2 Å². The lowest BCUT2D eigenvalue weighted by Gasteiger charge is -2.00. The van der Waals surface area contributed by atoms with Gasteiger partial charge in [-0.05, 0) is 27.7 Å². The second kappa shape index (κ2) is 18.9. The first-order valence-corrected chi connectivity index (χ1v) is 7.29. The Morgan fingerprint density at radius 2 is 1.00 bits per heavy atom. The van der Waals surface area contributed by atoms with Crippen LogP contribution in [0.4, 0.5) is 0 Å². The molecule has 0 aliphatic carbocycles. The summed E-state index contributed by atoms with van der Waals surface area (Å²) in [7, 11) is -4.92. The minimum atomic E-state index is -4.92. The largest absolute Gasteiger partial charge is 0.726 e. The molecule has 0 bridgehead atoms. The summed E-state index contributed by atoms with van der Waals surface area (Å²) in [5.41, 5.74) is 0. The van der Waals surface area contributed by atoms with Gasteiger partial charge in [0.15, 0.2) is 0 Å². The standard InChI is InChI=1S/2C4H11NO.NO3.H2O4S/c2*1-3-5(6)4-2;2-1(3)4;1-5(2,3)4/h2*6H,3-4H2,1-2H3;;(H2,1,2,3,4)/q;;-1;/p+1. The van der Waals surface area contributed by atoms with Crippen molar-refractivity contribution >= 4 is 10.4 Å². The van der Waals surface area contributed by atoms with Crippen LogP contribution in [0.5, 0.6) is 0 Å². The summed E-state index contributed by atoms with van der Waals surface area (Å²) in [5.74, 6) is 0. The minimum Gasteiger partial charge on any atom is -0.726 e. The molecule has 0 spiro atoms. The predicted molar refractivity (Wildman–Crippen MR) is 70.3 cm³/mol. The topological polar surface area (TPSA) is 193 Å². The van der Waals surface area contributed by atoms with Gasteiger partial charge in [-0.1, -0.05) is 0 Å². The first-order valence-electron chi connectivity index (χ1n) is 5.92. The van der Waals surface area contributed by atoms with Crippen LogP contribution in [0.15, 0.2) is 0 Å². The fourth-order valence-electron chi connectivity index (χ4n) is 0.500. The number of rotatable bonds is 4. The molecule has 5 N–H and O–H groups in total. The van der Waals surface area contributed by atoms with Crippen LogP contribution >= 0.6 is 0 Å². The minimum absolute atomic E-state index is 0.593. The molecule has 0 aromatic heterocycles. The molecule has 0 amide bonds. The lowest BCUT2D eigenvalue weighted by Crippen LogP contribution is -3.08. The van der Waals surface area contributed by atoms with Gasteiger partial charge in [-0.15, -0.1) is 0 Å². The third-order valence-corrected chi connectivity index (χ3v) is 1.63. The van der Waals surface area contributed by atoms with Crippen molar-refractivity contribution in [1.29, 1.82) is 0 Å². The maximum absolute atomic E-state index is 8.63. The van der Waals surface area contributed by atoms with Crippen LogP contribution in [0, 0.1) is 15.3 Å². The molecule has 21 heavy (non-hydrogen) atoms. The van der Waals surface area contributed by atoms with Crippen LogP contribution in [0.1, 0.15) is 27.7 Å². The Morgan fingerprint density at radius 1 is 0.905 bits per heavy atom. The van der Waals surface area contributed by atoms with Gasteiger partial charge in [-0.25, -0.2) is 18.8 Å². The molecule has 132 valence electrons. The molecule has 0 saturated carbocycles. The molecular weight excluding hydrogens is 314 g/mol. The Bertz CT molecular complexity index is 282. The van der Waals surface area contributed by atoms with E-state index in [4.69, 9.17) is 43.3 Å². The van der Waals surface area contributed by atoms with Crippen LogP contribution in [-0.4, -0.2) is 59.2 Å². The first-order chi connectivity index (χ1) is 9.35. The van der Waals surface area contributed by atoms with E-state index in [-0.39, 0.29) is 0 Å². The van der Waals surface area contributed by atoms with Crippen molar-refractivity contribution in [2.24, 2.45) is 0 Å². The highest BCUT2D eigenvalue weighted by Gasteiger charge is 1.89. The van der Waals surface area contributed by atoms with E-state index in [1.807, 2.05) is 27.7 Å². The summed E-state index contributed by atoms with van der Waals surface area (Å²) in [4.78, 5) is 8.25. The zero-order chi connectivity index (χ0) is 18.1. The number of nitrogens with one attached hydrogen (secondary N) is 2. The summed E-state index contributed by atoms with van der Waals surface area (Å²) in [6, 6.07) is 0. The molecule has 0 atom stereocenters. The van der Waals surface area contributed by atoms with Crippen molar-refractivity contribution in [3.8, 4) is 0 Å². The number of hydroxylamine groups is 4. The molecule has 12 nitrogen and oxygen atoms in total. The highest BCUT2D eigenvalue weighted by Crippen LogP contribution is 1.58. The molecule has 0 aliphatic heterocycles. The third-order valence-electron chi connectivity index (χ3n) is 1.63. The Labute approximate surface area is 123 Å². The monoisotopic (exact) mass is 339 g/mol. The summed E-state index contributed by atoms with van der Waals surface area (Å²) in [5, 5.41) is 33.1. The van der Waals surface area contributed by atoms with Gasteiger partial charge in [0.25, 0.3) is 0 Å². The van der Waals surface area contributed by atoms with Crippen molar-refractivity contribution in [3.63, 3.8) is 0 Å². The van der Waals surface area contributed by atoms with Crippen molar-refractivity contribution in [1.82, 2.24) is 0 Å². The maximum Gasteiger partial charge on any atom is 0.215 e. The van der Waals surface area contributed by atoms with Gasteiger partial charge in [0.2, 0.25) is 10.4 Å². The molecular formula is C8H25N3O9S. The highest BCUT2D eigenvalue weighted by atomic mass is 32.3. The second-order valence-electron chi connectivity index (χ2n) is 3.20. The van der Waals surface area contributed by atoms with Crippen LogP contribution in [0.25, 0.3) is 0 Å². The summed E-state index contributed by atoms with van der Waals surface area (Å²) < 4.78 is 32.8. The molecule has 0 unspecified atom stereocenters. The van der Waals surface area contributed by atoms with E-state index >= 15 is 0 Å². The predicted octanol–water partition coefficient (Wildman–Crippen LogP) is -2.63. The molecule has 0 fully saturated rings. The van der Waals surface area contributed by atoms with Gasteiger partial charge < -0.3 is 19.9 Å². The van der Waals surface area contributed by atoms with E-state index in [9.17, 15) is 0 Å². The lowest BCUT2D eigenvalue weighted by molar-refractivity contribution is -1.08. The number of hydrogen-bond donors (Lipinski definition) is 5. The molecule has 0 rings (SSSR count). The Morgan fingerprint density at radius 3 is 1.00 bits per heavy atom. The first kappa shape index (κ1) is 28.1. The lowest BCUT2D eigenvalue weighted by atomic mass is 10.6. The van der Waals surface area contributed by atoms with Gasteiger partial charge in [0.1, 0.15) is 26.2 Å². The average molecular weight is 339 g/mol. The van der Waals surface area contributed by atoms with Crippen molar-refractivity contribution in [2.45, 2.75) is 27.7 Å². The molecule has 0 aromatic carbocycles. The van der Waals surface area contributed by atoms with E-state index in [2.05, 4.69) is 0 Å². The fourth-order valence-corrected chi connectivity index (χ4v) is 0.500. The highest BCUT2D eigenvalue weighted by molar-refractivity contribution is 7.79. The summed E-state index contributed by atoms with van der Waals surface area (Å²) in [6.07, 6.45) is 0. The van der Waals surface area contributed by atoms with Crippen LogP contribution in [0.2, 0.25) is 0 Å². The zero-order valence-corrected chi connectivity index (χ0v) is 13.3. The molecule has 0 aliphatic rings. The van der Waals surface area contributed by atoms with Crippen LogP contribution in [0.3, 0.4) is 0 Å². The quantitative estimate of drug-likeness (QED) is 0.157. The van der Waals surface area contributed by atoms with E-state index in [1.165, 1.54) is 0 Å². The molecule has 0 saturated heterocycles. The second-order valence-corrected chi connectivity index (χ2v) is 4.05. The van der Waals surface area contributed by atoms with E-state index in [1.54, 1.807) is 0 Å². The van der Waals surface area contributed by atoms with Gasteiger partial charge >= 0.3 is 0 Å². The van der Waals surface area contributed by atoms with Crippen molar-refractivity contribution in [3.05, 3.63) is 15.3 Å². The van der Waals surface area contributed by atoms with Crippen molar-refractivity contribution < 1.29 is 43.2 Å². The smallest absolute Gasteiger partial charge is 0.215 e. The average Bonchev–Trinajstić information content (AvgIpc) is 2.34. The van der Waals surface area contributed by atoms with E-state index in [0.29, 0.717) is 10.1 Å².